The molecule has 0 saturated carbocycles. The molecule has 3 aliphatic heterocycles. The number of amides is 1. The molecule has 2 N–H and O–H groups in total. The first-order valence-electron chi connectivity index (χ1n) is 20.0. The van der Waals surface area contributed by atoms with E-state index in [1.165, 1.54) is 6.92 Å². The Kier molecular flexibility index (Phi) is 13.8. The Hall–Kier alpha value is -3.75. The van der Waals surface area contributed by atoms with Gasteiger partial charge in [-0.05, 0) is 78.7 Å². The van der Waals surface area contributed by atoms with Crippen molar-refractivity contribution >= 4 is 40.6 Å². The van der Waals surface area contributed by atoms with Crippen LogP contribution in [-0.2, 0) is 38.1 Å². The van der Waals surface area contributed by atoms with E-state index >= 15 is 0 Å². The maximum atomic E-state index is 14.5. The van der Waals surface area contributed by atoms with Gasteiger partial charge in [-0.1, -0.05) is 64.5 Å². The third-order valence-electron chi connectivity index (χ3n) is 12.1. The van der Waals surface area contributed by atoms with Crippen LogP contribution in [0.2, 0.25) is 0 Å². The van der Waals surface area contributed by atoms with E-state index in [0.29, 0.717) is 19.3 Å². The maximum Gasteiger partial charge on any atom is 0.408 e. The molecular weight excluding hydrogens is 718 g/mol. The molecule has 1 unspecified atom stereocenters. The Morgan fingerprint density at radius 2 is 1.75 bits per heavy atom. The zero-order valence-electron chi connectivity index (χ0n) is 34.5. The number of benzene rings is 1. The van der Waals surface area contributed by atoms with E-state index in [9.17, 15) is 24.3 Å². The number of fused-ring (bicyclic) bond motifs is 2. The van der Waals surface area contributed by atoms with Crippen LogP contribution < -0.4 is 5.32 Å². The fourth-order valence-electron chi connectivity index (χ4n) is 8.85. The standard InChI is InChI=1S/C43H61N3O10/c1-11-15-33-43(8)37(45-41(51)56-43)26(4)34(47)24(2)22-42(7,52-19-14-16-29-21-30-17-12-13-18-31(30)44-23-29)38(27(5)35(48)28(6)39(50)54-33)55-40-36(49)32(46(9)10)20-25(3)53-40/h12-14,16-18,21,23-28,32-33,36-38,40,49H,11,15,19-20,22H2,1-10H3,(H,45,51)/b16-14+/t24-,25-,26+,27+,28-,32+,33-,36-,37+,38-,40?,42-,43-/m1/s1. The van der Waals surface area contributed by atoms with Crippen LogP contribution in [0.25, 0.3) is 17.0 Å². The number of carbonyl (C=O) groups is 4. The Labute approximate surface area is 330 Å². The fraction of sp³-hybridized carbons (Fsp3) is 0.651. The van der Waals surface area contributed by atoms with Gasteiger partial charge in [0.1, 0.15) is 23.9 Å². The van der Waals surface area contributed by atoms with Gasteiger partial charge in [0.15, 0.2) is 17.7 Å². The van der Waals surface area contributed by atoms with Crippen LogP contribution in [0.5, 0.6) is 0 Å². The number of Topliss-reactive ketones (excluding diaryl/α,β-unsaturated/α-hetero) is 2. The number of alkyl carbamates (subject to hydrolysis) is 1. The van der Waals surface area contributed by atoms with Crippen LogP contribution in [-0.4, -0.2) is 113 Å². The van der Waals surface area contributed by atoms with Crippen molar-refractivity contribution in [1.29, 1.82) is 0 Å². The number of esters is 1. The number of para-hydroxylation sites is 1. The number of rotatable bonds is 9. The summed E-state index contributed by atoms with van der Waals surface area (Å²) in [5.74, 6) is -5.10. The number of hydrogen-bond acceptors (Lipinski definition) is 12. The Morgan fingerprint density at radius 1 is 1.04 bits per heavy atom. The second-order valence-electron chi connectivity index (χ2n) is 16.7. The number of ketones is 2. The molecule has 0 radical (unpaired) electrons. The van der Waals surface area contributed by atoms with Gasteiger partial charge in [0.2, 0.25) is 0 Å². The smallest absolute Gasteiger partial charge is 0.408 e. The van der Waals surface area contributed by atoms with E-state index in [1.54, 1.807) is 40.8 Å². The van der Waals surface area contributed by atoms with Gasteiger partial charge < -0.3 is 39.0 Å². The topological polar surface area (TPSA) is 163 Å². The first kappa shape index (κ1) is 43.4. The van der Waals surface area contributed by atoms with Crippen molar-refractivity contribution in [3.63, 3.8) is 0 Å². The molecule has 4 heterocycles. The van der Waals surface area contributed by atoms with Gasteiger partial charge in [-0.25, -0.2) is 4.79 Å². The summed E-state index contributed by atoms with van der Waals surface area (Å²) in [6, 6.07) is 8.71. The van der Waals surface area contributed by atoms with Gasteiger partial charge in [-0.2, -0.15) is 0 Å². The van der Waals surface area contributed by atoms with Gasteiger partial charge in [0.25, 0.3) is 0 Å². The number of nitrogens with one attached hydrogen (secondary N) is 1. The van der Waals surface area contributed by atoms with Crippen LogP contribution in [0.1, 0.15) is 86.6 Å². The first-order valence-corrected chi connectivity index (χ1v) is 20.0. The third kappa shape index (κ3) is 9.18. The molecule has 2 aromatic rings. The molecule has 3 fully saturated rings. The number of ether oxygens (including phenoxy) is 5. The highest BCUT2D eigenvalue weighted by Gasteiger charge is 2.57. The summed E-state index contributed by atoms with van der Waals surface area (Å²) in [5, 5.41) is 15.4. The molecule has 56 heavy (non-hydrogen) atoms. The van der Waals surface area contributed by atoms with Crippen molar-refractivity contribution < 1.29 is 48.0 Å². The van der Waals surface area contributed by atoms with Crippen LogP contribution in [0.15, 0.2) is 42.6 Å². The Morgan fingerprint density at radius 3 is 2.45 bits per heavy atom. The number of pyridine rings is 1. The molecule has 3 aliphatic rings. The fourth-order valence-corrected chi connectivity index (χ4v) is 8.85. The summed E-state index contributed by atoms with van der Waals surface area (Å²) >= 11 is 0. The minimum Gasteiger partial charge on any atom is -0.457 e. The minimum absolute atomic E-state index is 0.0618. The quantitative estimate of drug-likeness (QED) is 0.243. The lowest BCUT2D eigenvalue weighted by atomic mass is 9.73. The SMILES string of the molecule is CCC[C@H]1OC(=O)[C@H](C)C(=O)[C@H](C)[C@@H](OC2O[C@H](C)C[C@H](N(C)C)[C@H]2O)[C@](C)(OC/C=C/c2cnc3ccccc3c2)C[C@@H](C)C(=O)[C@H](C)[C@@H]2NC(=O)O[C@]12C. The maximum absolute atomic E-state index is 14.5. The third-order valence-corrected chi connectivity index (χ3v) is 12.1. The van der Waals surface area contributed by atoms with Crippen molar-refractivity contribution in [2.75, 3.05) is 20.7 Å². The van der Waals surface area contributed by atoms with E-state index in [4.69, 9.17) is 23.7 Å². The van der Waals surface area contributed by atoms with Crippen LogP contribution in [0.4, 0.5) is 4.79 Å². The highest BCUT2D eigenvalue weighted by molar-refractivity contribution is 6.00. The average molecular weight is 780 g/mol. The summed E-state index contributed by atoms with van der Waals surface area (Å²) in [6.07, 6.45) is 1.80. The normalized spacial score (nSPS) is 37.6. The first-order chi connectivity index (χ1) is 26.4. The van der Waals surface area contributed by atoms with Crippen LogP contribution >= 0.6 is 0 Å². The molecule has 1 aromatic carbocycles. The van der Waals surface area contributed by atoms with Crippen LogP contribution in [0.3, 0.4) is 0 Å². The monoisotopic (exact) mass is 779 g/mol. The molecule has 0 aliphatic carbocycles. The number of aromatic nitrogens is 1. The van der Waals surface area contributed by atoms with Crippen molar-refractivity contribution in [2.45, 2.75) is 135 Å². The molecule has 13 atom stereocenters. The zero-order chi connectivity index (χ0) is 41.1. The Balaban J connectivity index is 1.56. The number of aliphatic hydroxyl groups excluding tert-OH is 1. The zero-order valence-corrected chi connectivity index (χ0v) is 34.5. The van der Waals surface area contributed by atoms with Gasteiger partial charge in [0, 0.05) is 35.4 Å². The second kappa shape index (κ2) is 17.8. The van der Waals surface area contributed by atoms with E-state index < -0.39 is 83.4 Å². The van der Waals surface area contributed by atoms with Crippen molar-refractivity contribution in [1.82, 2.24) is 15.2 Å². The van der Waals surface area contributed by atoms with Crippen molar-refractivity contribution in [2.24, 2.45) is 23.7 Å². The molecule has 0 spiro atoms. The van der Waals surface area contributed by atoms with Gasteiger partial charge >= 0.3 is 12.1 Å². The molecule has 0 bridgehead atoms. The molecule has 5 rings (SSSR count). The lowest BCUT2D eigenvalue weighted by Gasteiger charge is -2.47. The predicted octanol–water partition coefficient (Wildman–Crippen LogP) is 5.50. The number of carbonyl (C=O) groups excluding carboxylic acids is 4. The van der Waals surface area contributed by atoms with Crippen molar-refractivity contribution in [3.8, 4) is 0 Å². The summed E-state index contributed by atoms with van der Waals surface area (Å²) in [7, 11) is 3.75. The highest BCUT2D eigenvalue weighted by Crippen LogP contribution is 2.40. The van der Waals surface area contributed by atoms with Gasteiger partial charge in [-0.3, -0.25) is 19.4 Å². The molecular formula is C43H61N3O10. The molecule has 1 aromatic heterocycles. The van der Waals surface area contributed by atoms with Crippen molar-refractivity contribution in [3.05, 3.63) is 48.2 Å². The van der Waals surface area contributed by atoms with Crippen LogP contribution in [0, 0.1) is 23.7 Å². The van der Waals surface area contributed by atoms with E-state index in [2.05, 4.69) is 10.3 Å². The van der Waals surface area contributed by atoms with E-state index in [0.717, 1.165) is 16.5 Å². The number of likely N-dealkylation sites (N-methyl/N-ethyl adjacent to an activating group) is 1. The largest absolute Gasteiger partial charge is 0.457 e. The minimum atomic E-state index is -1.38. The molecule has 3 saturated heterocycles. The number of nitrogens with zero attached hydrogens (tertiary/aromatic N) is 2. The van der Waals surface area contributed by atoms with Gasteiger partial charge in [-0.15, -0.1) is 0 Å². The average Bonchev–Trinajstić information content (AvgIpc) is 3.48. The lowest BCUT2D eigenvalue weighted by molar-refractivity contribution is -0.296. The molecule has 13 heteroatoms. The summed E-state index contributed by atoms with van der Waals surface area (Å²) in [4.78, 5) is 62.2. The highest BCUT2D eigenvalue weighted by atomic mass is 16.7. The number of aliphatic hydroxyl groups is 1. The number of hydrogen-bond donors (Lipinski definition) is 2. The summed E-state index contributed by atoms with van der Waals surface area (Å²) in [6.45, 7) is 14.0. The number of cyclic esters (lactones) is 1. The molecule has 1 amide bonds. The summed E-state index contributed by atoms with van der Waals surface area (Å²) < 4.78 is 31.6. The van der Waals surface area contributed by atoms with Gasteiger partial charge in [0.05, 0.1) is 36.0 Å². The lowest BCUT2D eigenvalue weighted by Crippen LogP contribution is -2.60. The summed E-state index contributed by atoms with van der Waals surface area (Å²) in [5.41, 5.74) is -1.000. The molecule has 308 valence electrons. The predicted molar refractivity (Wildman–Crippen MR) is 210 cm³/mol. The Bertz CT molecular complexity index is 1770. The second-order valence-corrected chi connectivity index (χ2v) is 16.7. The van der Waals surface area contributed by atoms with E-state index in [-0.39, 0.29) is 31.0 Å². The van der Waals surface area contributed by atoms with E-state index in [1.807, 2.05) is 75.3 Å². The molecule has 13 nitrogen and oxygen atoms in total.